The van der Waals surface area contributed by atoms with Crippen LogP contribution in [0, 0.1) is 24.4 Å². The summed E-state index contributed by atoms with van der Waals surface area (Å²) in [5.74, 6) is -6.29. The molecule has 2 fully saturated rings. The molecule has 6 nitrogen and oxygen atoms in total. The van der Waals surface area contributed by atoms with Gasteiger partial charge in [0.15, 0.2) is 11.6 Å². The van der Waals surface area contributed by atoms with Crippen LogP contribution in [0.3, 0.4) is 0 Å². The van der Waals surface area contributed by atoms with Crippen LogP contribution in [-0.2, 0) is 4.57 Å². The third kappa shape index (κ3) is 5.10. The normalized spacial score (nSPS) is 22.5. The molecule has 0 spiro atoms. The SMILES string of the molecule is Cc1c(F)c(F)c(C(=O)O)c(C2=C3C=CC(=[N+]4CCCCCC4)C=C3P(=O)(O)c3cc(N4CCCCCC4)ccc32)c1F. The highest BCUT2D eigenvalue weighted by Gasteiger charge is 2.43. The smallest absolute Gasteiger partial charge is 0.339 e. The Kier molecular flexibility index (Phi) is 7.99. The number of anilines is 1. The van der Waals surface area contributed by atoms with Crippen molar-refractivity contribution in [2.75, 3.05) is 31.1 Å². The summed E-state index contributed by atoms with van der Waals surface area (Å²) in [7, 11) is -4.30. The van der Waals surface area contributed by atoms with Crippen molar-refractivity contribution < 1.29 is 37.1 Å². The number of aromatic carboxylic acids is 1. The third-order valence-electron chi connectivity index (χ3n) is 9.10. The van der Waals surface area contributed by atoms with Gasteiger partial charge in [0, 0.05) is 60.5 Å². The van der Waals surface area contributed by atoms with E-state index in [9.17, 15) is 23.7 Å². The van der Waals surface area contributed by atoms with Gasteiger partial charge in [-0.1, -0.05) is 18.9 Å². The van der Waals surface area contributed by atoms with Crippen LogP contribution in [0.2, 0.25) is 0 Å². The van der Waals surface area contributed by atoms with E-state index in [1.165, 1.54) is 0 Å². The number of halogens is 3. The molecule has 1 aliphatic carbocycles. The Bertz CT molecular complexity index is 1690. The van der Waals surface area contributed by atoms with E-state index >= 15 is 8.78 Å². The van der Waals surface area contributed by atoms with Crippen molar-refractivity contribution in [3.05, 3.63) is 87.0 Å². The Hall–Kier alpha value is -3.42. The molecule has 0 radical (unpaired) electrons. The molecule has 226 valence electrons. The number of fused-ring (bicyclic) bond motifs is 2. The zero-order chi connectivity index (χ0) is 30.5. The number of carboxylic acid groups (broad SMARTS) is 1. The van der Waals surface area contributed by atoms with E-state index < -0.39 is 47.5 Å². The van der Waals surface area contributed by atoms with Crippen molar-refractivity contribution in [3.63, 3.8) is 0 Å². The molecule has 0 amide bonds. The lowest BCUT2D eigenvalue weighted by atomic mass is 9.85. The standard InChI is InChI=1S/C33H34F3N2O4P/c1-20-30(34)28(29(33(39)40)32(36)31(20)35)27-23-12-10-21(37-14-6-2-3-7-15-37)18-25(23)43(41,42)26-19-22(11-13-24(26)27)38-16-8-4-5-9-17-38/h10-13,18-19H,2-9,14-17H2,1H3,(H-,39,40,41,42)/p+1. The summed E-state index contributed by atoms with van der Waals surface area (Å²) < 4.78 is 62.6. The number of allylic oxidation sites excluding steroid dienone is 5. The highest BCUT2D eigenvalue weighted by atomic mass is 31.2. The van der Waals surface area contributed by atoms with E-state index in [0.29, 0.717) is 0 Å². The molecular formula is C33H35F3N2O4P+. The van der Waals surface area contributed by atoms with E-state index in [0.717, 1.165) is 95.9 Å². The Labute approximate surface area is 249 Å². The molecule has 2 aromatic rings. The highest BCUT2D eigenvalue weighted by molar-refractivity contribution is 7.71. The van der Waals surface area contributed by atoms with E-state index in [2.05, 4.69) is 9.48 Å². The van der Waals surface area contributed by atoms with Crippen LogP contribution in [0.1, 0.15) is 78.4 Å². The van der Waals surface area contributed by atoms with Crippen LogP contribution in [0.15, 0.2) is 47.3 Å². The first kappa shape index (κ1) is 29.6. The summed E-state index contributed by atoms with van der Waals surface area (Å²) in [6, 6.07) is 4.99. The molecule has 3 heterocycles. The lowest BCUT2D eigenvalue weighted by Crippen LogP contribution is -2.28. The second kappa shape index (κ2) is 11.6. The fraction of sp³-hybridized carbons (Fsp3) is 0.394. The van der Waals surface area contributed by atoms with Crippen molar-refractivity contribution >= 4 is 35.6 Å². The summed E-state index contributed by atoms with van der Waals surface area (Å²) >= 11 is 0. The molecule has 0 aromatic heterocycles. The van der Waals surface area contributed by atoms with E-state index in [1.54, 1.807) is 36.4 Å². The molecule has 4 aliphatic rings. The van der Waals surface area contributed by atoms with Crippen LogP contribution in [0.5, 0.6) is 0 Å². The molecule has 43 heavy (non-hydrogen) atoms. The highest BCUT2D eigenvalue weighted by Crippen LogP contribution is 2.60. The first-order valence-corrected chi connectivity index (χ1v) is 16.7. The van der Waals surface area contributed by atoms with Crippen molar-refractivity contribution in [2.45, 2.75) is 58.3 Å². The van der Waals surface area contributed by atoms with Crippen LogP contribution in [-0.4, -0.2) is 52.4 Å². The lowest BCUT2D eigenvalue weighted by molar-refractivity contribution is -0.524. The molecule has 1 atom stereocenters. The average Bonchev–Trinajstić information content (AvgIpc) is 3.44. The number of hydrogen-bond acceptors (Lipinski definition) is 3. The zero-order valence-electron chi connectivity index (χ0n) is 24.1. The van der Waals surface area contributed by atoms with Gasteiger partial charge < -0.3 is 14.9 Å². The van der Waals surface area contributed by atoms with Gasteiger partial charge in [0.25, 0.3) is 7.37 Å². The molecule has 2 N–H and O–H groups in total. The minimum atomic E-state index is -4.30. The molecule has 1 unspecified atom stereocenters. The topological polar surface area (TPSA) is 80.8 Å². The van der Waals surface area contributed by atoms with Crippen LogP contribution >= 0.6 is 7.37 Å². The van der Waals surface area contributed by atoms with Crippen molar-refractivity contribution in [1.29, 1.82) is 0 Å². The van der Waals surface area contributed by atoms with E-state index in [4.69, 9.17) is 0 Å². The number of carboxylic acids is 1. The summed E-state index contributed by atoms with van der Waals surface area (Å²) in [5.41, 5.74) is -0.729. The van der Waals surface area contributed by atoms with Gasteiger partial charge in [-0.3, -0.25) is 4.57 Å². The monoisotopic (exact) mass is 611 g/mol. The summed E-state index contributed by atoms with van der Waals surface area (Å²) in [5, 5.41) is 10.1. The molecule has 2 aromatic carbocycles. The molecular weight excluding hydrogens is 576 g/mol. The first-order valence-electron chi connectivity index (χ1n) is 15.0. The maximum absolute atomic E-state index is 16.0. The Morgan fingerprint density at radius 1 is 0.907 bits per heavy atom. The molecule has 0 saturated carbocycles. The number of rotatable bonds is 3. The minimum absolute atomic E-state index is 0.0305. The Morgan fingerprint density at radius 3 is 2.21 bits per heavy atom. The molecule has 3 aliphatic heterocycles. The van der Waals surface area contributed by atoms with Crippen LogP contribution in [0.25, 0.3) is 5.57 Å². The quantitative estimate of drug-likeness (QED) is 0.230. The van der Waals surface area contributed by atoms with Gasteiger partial charge in [-0.15, -0.1) is 0 Å². The second-order valence-electron chi connectivity index (χ2n) is 11.8. The summed E-state index contributed by atoms with van der Waals surface area (Å²) in [4.78, 5) is 26.4. The molecule has 10 heteroatoms. The van der Waals surface area contributed by atoms with Gasteiger partial charge in [0.1, 0.15) is 24.5 Å². The summed E-state index contributed by atoms with van der Waals surface area (Å²) in [6.07, 6.45) is 13.3. The second-order valence-corrected chi connectivity index (χ2v) is 13.9. The number of nitrogens with zero attached hydrogens (tertiary/aromatic N) is 2. The predicted octanol–water partition coefficient (Wildman–Crippen LogP) is 6.68. The van der Waals surface area contributed by atoms with Gasteiger partial charge in [0.2, 0.25) is 5.71 Å². The van der Waals surface area contributed by atoms with E-state index in [-0.39, 0.29) is 27.3 Å². The van der Waals surface area contributed by atoms with Gasteiger partial charge in [-0.2, -0.15) is 0 Å². The molecule has 2 saturated heterocycles. The maximum Gasteiger partial charge on any atom is 0.339 e. The Balaban J connectivity index is 1.66. The van der Waals surface area contributed by atoms with Gasteiger partial charge in [0.05, 0.1) is 10.6 Å². The fourth-order valence-electron chi connectivity index (χ4n) is 6.77. The van der Waals surface area contributed by atoms with Crippen molar-refractivity contribution in [2.24, 2.45) is 0 Å². The zero-order valence-corrected chi connectivity index (χ0v) is 25.0. The number of hydrogen-bond donors (Lipinski definition) is 2. The van der Waals surface area contributed by atoms with Crippen LogP contribution < -0.4 is 10.2 Å². The van der Waals surface area contributed by atoms with Gasteiger partial charge in [-0.05, 0) is 62.0 Å². The average molecular weight is 612 g/mol. The lowest BCUT2D eigenvalue weighted by Gasteiger charge is -2.32. The molecule has 6 rings (SSSR count). The first-order chi connectivity index (χ1) is 20.6. The van der Waals surface area contributed by atoms with Crippen LogP contribution in [0.4, 0.5) is 18.9 Å². The minimum Gasteiger partial charge on any atom is -0.478 e. The van der Waals surface area contributed by atoms with Crippen molar-refractivity contribution in [1.82, 2.24) is 0 Å². The largest absolute Gasteiger partial charge is 0.478 e. The Morgan fingerprint density at radius 2 is 1.56 bits per heavy atom. The van der Waals surface area contributed by atoms with Gasteiger partial charge in [-0.25, -0.2) is 22.5 Å². The maximum atomic E-state index is 16.0. The van der Waals surface area contributed by atoms with Gasteiger partial charge >= 0.3 is 5.97 Å². The van der Waals surface area contributed by atoms with Crippen molar-refractivity contribution in [3.8, 4) is 0 Å². The third-order valence-corrected chi connectivity index (χ3v) is 11.1. The molecule has 0 bridgehead atoms. The number of benzene rings is 2. The number of carbonyl (C=O) groups is 1. The predicted molar refractivity (Wildman–Crippen MR) is 161 cm³/mol. The van der Waals surface area contributed by atoms with E-state index in [1.807, 2.05) is 0 Å². The fourth-order valence-corrected chi connectivity index (χ4v) is 8.67. The summed E-state index contributed by atoms with van der Waals surface area (Å²) in [6.45, 7) is 4.17.